The highest BCUT2D eigenvalue weighted by atomic mass is 79.9. The molecular formula is C15H16BrNO. The van der Waals surface area contributed by atoms with Crippen LogP contribution in [0.15, 0.2) is 53.0 Å². The Labute approximate surface area is 116 Å². The number of nitrogens with one attached hydrogen (secondary N) is 1. The zero-order valence-electron chi connectivity index (χ0n) is 10.5. The lowest BCUT2D eigenvalue weighted by molar-refractivity contribution is 0.415. The third kappa shape index (κ3) is 3.26. The van der Waals surface area contributed by atoms with E-state index in [0.29, 0.717) is 0 Å². The Hall–Kier alpha value is -1.48. The van der Waals surface area contributed by atoms with Gasteiger partial charge in [0, 0.05) is 16.2 Å². The molecule has 0 saturated heterocycles. The number of methoxy groups -OCH3 is 1. The van der Waals surface area contributed by atoms with Crippen molar-refractivity contribution in [3.63, 3.8) is 0 Å². The smallest absolute Gasteiger partial charge is 0.119 e. The summed E-state index contributed by atoms with van der Waals surface area (Å²) in [5, 5.41) is 3.46. The molecule has 3 heteroatoms. The molecule has 0 fully saturated rings. The van der Waals surface area contributed by atoms with Crippen LogP contribution >= 0.6 is 15.9 Å². The van der Waals surface area contributed by atoms with Gasteiger partial charge in [0.2, 0.25) is 0 Å². The van der Waals surface area contributed by atoms with Crippen molar-refractivity contribution in [2.45, 2.75) is 13.0 Å². The minimum Gasteiger partial charge on any atom is -0.497 e. The summed E-state index contributed by atoms with van der Waals surface area (Å²) >= 11 is 3.44. The molecule has 1 atom stereocenters. The van der Waals surface area contributed by atoms with Crippen LogP contribution in [0.5, 0.6) is 5.75 Å². The lowest BCUT2D eigenvalue weighted by Gasteiger charge is -2.16. The maximum Gasteiger partial charge on any atom is 0.119 e. The molecule has 2 aromatic rings. The Balaban J connectivity index is 2.05. The van der Waals surface area contributed by atoms with E-state index in [4.69, 9.17) is 4.74 Å². The molecule has 1 N–H and O–H groups in total. The second kappa shape index (κ2) is 5.91. The minimum atomic E-state index is 0.270. The summed E-state index contributed by atoms with van der Waals surface area (Å²) in [6.07, 6.45) is 0. The van der Waals surface area contributed by atoms with Crippen LogP contribution < -0.4 is 10.1 Å². The standard InChI is InChI=1S/C15H16BrNO/c1-11(12-3-5-13(16)6-4-12)17-14-7-9-15(18-2)10-8-14/h3-11,17H,1-2H3/t11-/m1/s1. The van der Waals surface area contributed by atoms with Gasteiger partial charge in [0.25, 0.3) is 0 Å². The van der Waals surface area contributed by atoms with E-state index in [-0.39, 0.29) is 6.04 Å². The third-order valence-corrected chi connectivity index (χ3v) is 3.37. The Morgan fingerprint density at radius 2 is 1.61 bits per heavy atom. The summed E-state index contributed by atoms with van der Waals surface area (Å²) < 4.78 is 6.24. The highest BCUT2D eigenvalue weighted by molar-refractivity contribution is 9.10. The summed E-state index contributed by atoms with van der Waals surface area (Å²) in [6, 6.07) is 16.6. The Kier molecular flexibility index (Phi) is 4.26. The number of ether oxygens (including phenoxy) is 1. The molecular weight excluding hydrogens is 290 g/mol. The molecule has 0 aliphatic heterocycles. The van der Waals surface area contributed by atoms with Crippen molar-refractivity contribution in [2.75, 3.05) is 12.4 Å². The average Bonchev–Trinajstić information content (AvgIpc) is 2.40. The van der Waals surface area contributed by atoms with E-state index in [9.17, 15) is 0 Å². The van der Waals surface area contributed by atoms with Crippen LogP contribution in [-0.2, 0) is 0 Å². The van der Waals surface area contributed by atoms with Gasteiger partial charge in [-0.2, -0.15) is 0 Å². The van der Waals surface area contributed by atoms with Crippen LogP contribution in [0.2, 0.25) is 0 Å². The van der Waals surface area contributed by atoms with E-state index < -0.39 is 0 Å². The molecule has 0 amide bonds. The van der Waals surface area contributed by atoms with E-state index in [2.05, 4.69) is 52.4 Å². The molecule has 0 radical (unpaired) electrons. The fourth-order valence-corrected chi connectivity index (χ4v) is 2.04. The fourth-order valence-electron chi connectivity index (χ4n) is 1.77. The molecule has 0 aliphatic rings. The van der Waals surface area contributed by atoms with E-state index >= 15 is 0 Å². The first-order chi connectivity index (χ1) is 8.69. The number of benzene rings is 2. The first-order valence-corrected chi connectivity index (χ1v) is 6.64. The fraction of sp³-hybridized carbons (Fsp3) is 0.200. The highest BCUT2D eigenvalue weighted by Crippen LogP contribution is 2.22. The monoisotopic (exact) mass is 305 g/mol. The van der Waals surface area contributed by atoms with Gasteiger partial charge in [0.15, 0.2) is 0 Å². The van der Waals surface area contributed by atoms with Gasteiger partial charge in [-0.1, -0.05) is 28.1 Å². The predicted molar refractivity (Wildman–Crippen MR) is 79.2 cm³/mol. The van der Waals surface area contributed by atoms with Crippen molar-refractivity contribution in [1.29, 1.82) is 0 Å². The van der Waals surface area contributed by atoms with Crippen molar-refractivity contribution >= 4 is 21.6 Å². The summed E-state index contributed by atoms with van der Waals surface area (Å²) in [7, 11) is 1.67. The molecule has 0 unspecified atom stereocenters. The Bertz CT molecular complexity index is 493. The molecule has 0 bridgehead atoms. The van der Waals surface area contributed by atoms with E-state index in [1.54, 1.807) is 7.11 Å². The topological polar surface area (TPSA) is 21.3 Å². The molecule has 0 saturated carbocycles. The number of hydrogen-bond acceptors (Lipinski definition) is 2. The zero-order chi connectivity index (χ0) is 13.0. The second-order valence-corrected chi connectivity index (χ2v) is 5.06. The number of halogens is 1. The molecule has 2 aromatic carbocycles. The maximum absolute atomic E-state index is 5.14. The number of hydrogen-bond donors (Lipinski definition) is 1. The summed E-state index contributed by atoms with van der Waals surface area (Å²) in [4.78, 5) is 0. The zero-order valence-corrected chi connectivity index (χ0v) is 12.1. The molecule has 0 spiro atoms. The molecule has 0 heterocycles. The van der Waals surface area contributed by atoms with Crippen molar-refractivity contribution in [3.05, 3.63) is 58.6 Å². The third-order valence-electron chi connectivity index (χ3n) is 2.84. The summed E-state index contributed by atoms with van der Waals surface area (Å²) in [5.74, 6) is 0.872. The van der Waals surface area contributed by atoms with Gasteiger partial charge < -0.3 is 10.1 Å². The average molecular weight is 306 g/mol. The van der Waals surface area contributed by atoms with E-state index in [1.165, 1.54) is 5.56 Å². The molecule has 94 valence electrons. The van der Waals surface area contributed by atoms with Gasteiger partial charge in [-0.05, 0) is 48.9 Å². The van der Waals surface area contributed by atoms with Crippen LogP contribution in [0.4, 0.5) is 5.69 Å². The van der Waals surface area contributed by atoms with E-state index in [1.807, 2.05) is 24.3 Å². The quantitative estimate of drug-likeness (QED) is 0.889. The van der Waals surface area contributed by atoms with Crippen molar-refractivity contribution in [2.24, 2.45) is 0 Å². The first-order valence-electron chi connectivity index (χ1n) is 5.85. The van der Waals surface area contributed by atoms with Gasteiger partial charge in [0.1, 0.15) is 5.75 Å². The van der Waals surface area contributed by atoms with Crippen molar-refractivity contribution < 1.29 is 4.74 Å². The second-order valence-electron chi connectivity index (χ2n) is 4.15. The lowest BCUT2D eigenvalue weighted by Crippen LogP contribution is -2.06. The highest BCUT2D eigenvalue weighted by Gasteiger charge is 2.04. The van der Waals surface area contributed by atoms with Crippen LogP contribution in [-0.4, -0.2) is 7.11 Å². The van der Waals surface area contributed by atoms with Crippen LogP contribution in [0.3, 0.4) is 0 Å². The molecule has 2 nitrogen and oxygen atoms in total. The SMILES string of the molecule is COc1ccc(N[C@H](C)c2ccc(Br)cc2)cc1. The lowest BCUT2D eigenvalue weighted by atomic mass is 10.1. The predicted octanol–water partition coefficient (Wildman–Crippen LogP) is 4.63. The summed E-state index contributed by atoms with van der Waals surface area (Å²) in [5.41, 5.74) is 2.35. The van der Waals surface area contributed by atoms with Crippen molar-refractivity contribution in [1.82, 2.24) is 0 Å². The minimum absolute atomic E-state index is 0.270. The Morgan fingerprint density at radius 1 is 1.00 bits per heavy atom. The van der Waals surface area contributed by atoms with Crippen LogP contribution in [0.1, 0.15) is 18.5 Å². The normalized spacial score (nSPS) is 11.9. The van der Waals surface area contributed by atoms with E-state index in [0.717, 1.165) is 15.9 Å². The first kappa shape index (κ1) is 13.0. The van der Waals surface area contributed by atoms with Crippen LogP contribution in [0.25, 0.3) is 0 Å². The number of anilines is 1. The van der Waals surface area contributed by atoms with Crippen molar-refractivity contribution in [3.8, 4) is 5.75 Å². The summed E-state index contributed by atoms with van der Waals surface area (Å²) in [6.45, 7) is 2.15. The Morgan fingerprint density at radius 3 is 2.17 bits per heavy atom. The van der Waals surface area contributed by atoms with Gasteiger partial charge >= 0.3 is 0 Å². The molecule has 0 aromatic heterocycles. The van der Waals surface area contributed by atoms with Gasteiger partial charge in [-0.3, -0.25) is 0 Å². The molecule has 18 heavy (non-hydrogen) atoms. The van der Waals surface area contributed by atoms with Gasteiger partial charge in [-0.15, -0.1) is 0 Å². The maximum atomic E-state index is 5.14. The van der Waals surface area contributed by atoms with Gasteiger partial charge in [0.05, 0.1) is 7.11 Å². The number of rotatable bonds is 4. The van der Waals surface area contributed by atoms with Crippen LogP contribution in [0, 0.1) is 0 Å². The molecule has 2 rings (SSSR count). The molecule has 0 aliphatic carbocycles. The largest absolute Gasteiger partial charge is 0.497 e. The van der Waals surface area contributed by atoms with Gasteiger partial charge in [-0.25, -0.2) is 0 Å².